The highest BCUT2D eigenvalue weighted by molar-refractivity contribution is 7.86. The van der Waals surface area contributed by atoms with Crippen molar-refractivity contribution < 1.29 is 18.1 Å². The Morgan fingerprint density at radius 2 is 1.67 bits per heavy atom. The van der Waals surface area contributed by atoms with Crippen LogP contribution in [0.25, 0.3) is 0 Å². The zero-order chi connectivity index (χ0) is 11.9. The predicted octanol–water partition coefficient (Wildman–Crippen LogP) is 1.98. The smallest absolute Gasteiger partial charge is 0.270 e. The van der Waals surface area contributed by atoms with E-state index in [0.717, 1.165) is 32.1 Å². The summed E-state index contributed by atoms with van der Waals surface area (Å²) in [5.41, 5.74) is 0. The van der Waals surface area contributed by atoms with Gasteiger partial charge in [-0.25, -0.2) is 0 Å². The molecule has 0 saturated carbocycles. The lowest BCUT2D eigenvalue weighted by molar-refractivity contribution is 0.178. The summed E-state index contributed by atoms with van der Waals surface area (Å²) in [7, 11) is -4.11. The fourth-order valence-electron chi connectivity index (χ4n) is 1.59. The van der Waals surface area contributed by atoms with E-state index >= 15 is 0 Å². The van der Waals surface area contributed by atoms with Gasteiger partial charge in [0, 0.05) is 0 Å². The Kier molecular flexibility index (Phi) is 7.13. The van der Waals surface area contributed by atoms with Crippen molar-refractivity contribution in [1.82, 2.24) is 0 Å². The first kappa shape index (κ1) is 14.9. The number of hydrogen-bond donors (Lipinski definition) is 2. The van der Waals surface area contributed by atoms with Crippen LogP contribution in [0.1, 0.15) is 52.4 Å². The third kappa shape index (κ3) is 6.87. The molecule has 2 atom stereocenters. The first-order valence-electron chi connectivity index (χ1n) is 5.54. The van der Waals surface area contributed by atoms with Gasteiger partial charge in [0.1, 0.15) is 5.25 Å². The summed E-state index contributed by atoms with van der Waals surface area (Å²) in [6, 6.07) is 0. The lowest BCUT2D eigenvalue weighted by atomic mass is 10.1. The highest BCUT2D eigenvalue weighted by atomic mass is 32.2. The Morgan fingerprint density at radius 1 is 1.13 bits per heavy atom. The molecule has 15 heavy (non-hydrogen) atoms. The van der Waals surface area contributed by atoms with Crippen molar-refractivity contribution in [2.45, 2.75) is 63.7 Å². The minimum absolute atomic E-state index is 0.334. The van der Waals surface area contributed by atoms with Crippen molar-refractivity contribution in [1.29, 1.82) is 0 Å². The second-order valence-corrected chi connectivity index (χ2v) is 5.63. The van der Waals surface area contributed by atoms with Crippen LogP contribution in [0.4, 0.5) is 0 Å². The van der Waals surface area contributed by atoms with E-state index in [1.54, 1.807) is 0 Å². The summed E-state index contributed by atoms with van der Waals surface area (Å²) in [5.74, 6) is 0. The van der Waals surface area contributed by atoms with Crippen LogP contribution >= 0.6 is 0 Å². The van der Waals surface area contributed by atoms with Gasteiger partial charge in [0.25, 0.3) is 10.1 Å². The van der Waals surface area contributed by atoms with Gasteiger partial charge in [-0.2, -0.15) is 8.42 Å². The van der Waals surface area contributed by atoms with Crippen molar-refractivity contribution in [2.75, 3.05) is 0 Å². The van der Waals surface area contributed by atoms with Crippen molar-refractivity contribution in [3.8, 4) is 0 Å². The summed E-state index contributed by atoms with van der Waals surface area (Å²) in [6.45, 7) is 3.50. The summed E-state index contributed by atoms with van der Waals surface area (Å²) in [6.07, 6.45) is 4.37. The molecule has 0 aromatic carbocycles. The molecule has 5 heteroatoms. The van der Waals surface area contributed by atoms with Crippen LogP contribution in [0.15, 0.2) is 0 Å². The molecule has 2 N–H and O–H groups in total. The topological polar surface area (TPSA) is 74.6 Å². The quantitative estimate of drug-likeness (QED) is 0.501. The van der Waals surface area contributed by atoms with Gasteiger partial charge in [-0.05, 0) is 13.3 Å². The number of unbranched alkanes of at least 4 members (excludes halogenated alkanes) is 4. The van der Waals surface area contributed by atoms with Crippen molar-refractivity contribution in [2.24, 2.45) is 0 Å². The van der Waals surface area contributed by atoms with E-state index in [-0.39, 0.29) is 0 Å². The monoisotopic (exact) mass is 238 g/mol. The van der Waals surface area contributed by atoms with E-state index in [1.165, 1.54) is 6.92 Å². The molecule has 0 aliphatic rings. The van der Waals surface area contributed by atoms with E-state index < -0.39 is 21.5 Å². The van der Waals surface area contributed by atoms with Crippen LogP contribution in [0, 0.1) is 0 Å². The average molecular weight is 238 g/mol. The second-order valence-electron chi connectivity index (χ2n) is 4.00. The Bertz CT molecular complexity index is 246. The minimum Gasteiger partial charge on any atom is -0.392 e. The van der Waals surface area contributed by atoms with E-state index in [0.29, 0.717) is 6.42 Å². The molecule has 0 aromatic rings. The molecule has 0 spiro atoms. The minimum atomic E-state index is -4.11. The Balaban J connectivity index is 3.89. The van der Waals surface area contributed by atoms with Crippen LogP contribution in [-0.2, 0) is 10.1 Å². The number of hydrogen-bond acceptors (Lipinski definition) is 3. The maximum absolute atomic E-state index is 10.9. The molecule has 0 fully saturated rings. The lowest BCUT2D eigenvalue weighted by Gasteiger charge is -2.16. The summed E-state index contributed by atoms with van der Waals surface area (Å²) >= 11 is 0. The fourth-order valence-corrected chi connectivity index (χ4v) is 2.55. The summed E-state index contributed by atoms with van der Waals surface area (Å²) < 4.78 is 30.6. The van der Waals surface area contributed by atoms with Crippen molar-refractivity contribution in [3.63, 3.8) is 0 Å². The molecule has 0 aliphatic carbocycles. The molecule has 0 amide bonds. The molecule has 0 heterocycles. The molecule has 0 rings (SSSR count). The van der Waals surface area contributed by atoms with Gasteiger partial charge < -0.3 is 5.11 Å². The Morgan fingerprint density at radius 3 is 2.07 bits per heavy atom. The number of aliphatic hydroxyl groups is 1. The highest BCUT2D eigenvalue weighted by Gasteiger charge is 2.27. The van der Waals surface area contributed by atoms with Gasteiger partial charge in [0.15, 0.2) is 0 Å². The van der Waals surface area contributed by atoms with E-state index in [1.807, 2.05) is 0 Å². The van der Waals surface area contributed by atoms with Crippen molar-refractivity contribution in [3.05, 3.63) is 0 Å². The molecule has 0 radical (unpaired) electrons. The maximum Gasteiger partial charge on any atom is 0.270 e. The SMILES string of the molecule is CCCCCCCC(C(C)O)S(=O)(=O)O. The molecule has 92 valence electrons. The van der Waals surface area contributed by atoms with E-state index in [9.17, 15) is 13.5 Å². The largest absolute Gasteiger partial charge is 0.392 e. The first-order chi connectivity index (χ1) is 6.89. The van der Waals surface area contributed by atoms with Gasteiger partial charge in [-0.3, -0.25) is 4.55 Å². The first-order valence-corrected chi connectivity index (χ1v) is 7.04. The van der Waals surface area contributed by atoms with Crippen LogP contribution in [0.5, 0.6) is 0 Å². The number of rotatable bonds is 8. The highest BCUT2D eigenvalue weighted by Crippen LogP contribution is 2.15. The Labute approximate surface area is 92.4 Å². The maximum atomic E-state index is 10.9. The van der Waals surface area contributed by atoms with Gasteiger partial charge >= 0.3 is 0 Å². The molecular formula is C10H22O4S. The third-order valence-electron chi connectivity index (χ3n) is 2.51. The summed E-state index contributed by atoms with van der Waals surface area (Å²) in [5, 5.41) is 8.18. The zero-order valence-electron chi connectivity index (χ0n) is 9.52. The van der Waals surface area contributed by atoms with Gasteiger partial charge in [-0.1, -0.05) is 39.0 Å². The van der Waals surface area contributed by atoms with E-state index in [4.69, 9.17) is 4.55 Å². The number of aliphatic hydroxyl groups excluding tert-OH is 1. The predicted molar refractivity (Wildman–Crippen MR) is 60.4 cm³/mol. The average Bonchev–Trinajstić information content (AvgIpc) is 2.08. The molecule has 4 nitrogen and oxygen atoms in total. The Hall–Kier alpha value is -0.130. The van der Waals surface area contributed by atoms with Crippen LogP contribution in [-0.4, -0.2) is 29.4 Å². The molecule has 2 unspecified atom stereocenters. The van der Waals surface area contributed by atoms with Crippen LogP contribution in [0.3, 0.4) is 0 Å². The van der Waals surface area contributed by atoms with Gasteiger partial charge in [0.05, 0.1) is 6.10 Å². The zero-order valence-corrected chi connectivity index (χ0v) is 10.3. The third-order valence-corrected chi connectivity index (χ3v) is 3.91. The lowest BCUT2D eigenvalue weighted by Crippen LogP contribution is -2.31. The standard InChI is InChI=1S/C10H22O4S/c1-3-4-5-6-7-8-10(9(2)11)15(12,13)14/h9-11H,3-8H2,1-2H3,(H,12,13,14). The molecule has 0 bridgehead atoms. The second kappa shape index (κ2) is 7.19. The van der Waals surface area contributed by atoms with Crippen molar-refractivity contribution >= 4 is 10.1 Å². The molecular weight excluding hydrogens is 216 g/mol. The molecule has 0 saturated heterocycles. The summed E-state index contributed by atoms with van der Waals surface area (Å²) in [4.78, 5) is 0. The van der Waals surface area contributed by atoms with E-state index in [2.05, 4.69) is 6.92 Å². The molecule has 0 aromatic heterocycles. The van der Waals surface area contributed by atoms with Crippen LogP contribution in [0.2, 0.25) is 0 Å². The fraction of sp³-hybridized carbons (Fsp3) is 1.00. The van der Waals surface area contributed by atoms with Gasteiger partial charge in [-0.15, -0.1) is 0 Å². The van der Waals surface area contributed by atoms with Gasteiger partial charge in [0.2, 0.25) is 0 Å². The molecule has 0 aliphatic heterocycles. The van der Waals surface area contributed by atoms with Crippen LogP contribution < -0.4 is 0 Å². The normalized spacial score (nSPS) is 16.3.